The molecule has 0 saturated heterocycles. The second-order valence-electron chi connectivity index (χ2n) is 4.54. The van der Waals surface area contributed by atoms with Crippen molar-refractivity contribution in [2.75, 3.05) is 0 Å². The van der Waals surface area contributed by atoms with Gasteiger partial charge in [-0.2, -0.15) is 0 Å². The minimum Gasteiger partial charge on any atom is -0.508 e. The molecule has 0 aliphatic rings. The number of hydrogen-bond acceptors (Lipinski definition) is 3. The van der Waals surface area contributed by atoms with Crippen LogP contribution in [0.4, 0.5) is 0 Å². The maximum atomic E-state index is 9.47. The van der Waals surface area contributed by atoms with Crippen LogP contribution in [-0.2, 0) is 0 Å². The summed E-state index contributed by atoms with van der Waals surface area (Å²) in [6.07, 6.45) is 0. The quantitative estimate of drug-likeness (QED) is 0.834. The van der Waals surface area contributed by atoms with Crippen molar-refractivity contribution in [2.45, 2.75) is 26.7 Å². The second kappa shape index (κ2) is 4.94. The average Bonchev–Trinajstić information content (AvgIpc) is 2.27. The van der Waals surface area contributed by atoms with Crippen LogP contribution in [0.15, 0.2) is 24.3 Å². The molecule has 0 aliphatic carbocycles. The Hall–Kier alpha value is -1.61. The first-order valence-electron chi connectivity index (χ1n) is 5.82. The lowest BCUT2D eigenvalue weighted by Gasteiger charge is -2.12. The zero-order chi connectivity index (χ0) is 13.3. The van der Waals surface area contributed by atoms with E-state index in [2.05, 4.69) is 23.8 Å². The lowest BCUT2D eigenvalue weighted by atomic mass is 10.0. The van der Waals surface area contributed by atoms with Gasteiger partial charge in [0.2, 0.25) is 0 Å². The van der Waals surface area contributed by atoms with Crippen molar-refractivity contribution < 1.29 is 5.11 Å². The SMILES string of the molecule is Cc1nc(-c2cccc(O)c2)nc(Cl)c1C(C)C. The molecule has 0 spiro atoms. The summed E-state index contributed by atoms with van der Waals surface area (Å²) in [6, 6.07) is 6.84. The van der Waals surface area contributed by atoms with Gasteiger partial charge >= 0.3 is 0 Å². The van der Waals surface area contributed by atoms with Crippen LogP contribution in [0.5, 0.6) is 5.75 Å². The Balaban J connectivity index is 2.55. The third kappa shape index (κ3) is 2.46. The van der Waals surface area contributed by atoms with Crippen LogP contribution >= 0.6 is 11.6 Å². The predicted octanol–water partition coefficient (Wildman–Crippen LogP) is 3.93. The van der Waals surface area contributed by atoms with Crippen LogP contribution < -0.4 is 0 Å². The lowest BCUT2D eigenvalue weighted by Crippen LogP contribution is -2.01. The second-order valence-corrected chi connectivity index (χ2v) is 4.90. The maximum absolute atomic E-state index is 9.47. The Morgan fingerprint density at radius 3 is 2.50 bits per heavy atom. The Labute approximate surface area is 111 Å². The molecular weight excluding hydrogens is 248 g/mol. The van der Waals surface area contributed by atoms with Crippen LogP contribution in [0.25, 0.3) is 11.4 Å². The van der Waals surface area contributed by atoms with Gasteiger partial charge in [0.1, 0.15) is 10.9 Å². The number of aromatic hydroxyl groups is 1. The highest BCUT2D eigenvalue weighted by atomic mass is 35.5. The van der Waals surface area contributed by atoms with E-state index in [0.717, 1.165) is 16.8 Å². The molecule has 4 heteroatoms. The summed E-state index contributed by atoms with van der Waals surface area (Å²) < 4.78 is 0. The number of rotatable bonds is 2. The molecule has 1 aromatic carbocycles. The van der Waals surface area contributed by atoms with Crippen LogP contribution in [0.2, 0.25) is 5.15 Å². The van der Waals surface area contributed by atoms with E-state index in [1.54, 1.807) is 18.2 Å². The molecule has 2 rings (SSSR count). The highest BCUT2D eigenvalue weighted by molar-refractivity contribution is 6.30. The summed E-state index contributed by atoms with van der Waals surface area (Å²) in [5.74, 6) is 1.02. The minimum absolute atomic E-state index is 0.192. The number of benzene rings is 1. The lowest BCUT2D eigenvalue weighted by molar-refractivity contribution is 0.475. The summed E-state index contributed by atoms with van der Waals surface area (Å²) in [4.78, 5) is 8.77. The van der Waals surface area contributed by atoms with E-state index in [1.807, 2.05) is 13.0 Å². The molecule has 0 atom stereocenters. The zero-order valence-corrected chi connectivity index (χ0v) is 11.4. The number of aromatic nitrogens is 2. The van der Waals surface area contributed by atoms with Gasteiger partial charge in [-0.1, -0.05) is 37.6 Å². The van der Waals surface area contributed by atoms with Crippen molar-refractivity contribution >= 4 is 11.6 Å². The molecule has 0 saturated carbocycles. The van der Waals surface area contributed by atoms with Crippen molar-refractivity contribution in [2.24, 2.45) is 0 Å². The molecule has 1 heterocycles. The average molecular weight is 263 g/mol. The fourth-order valence-electron chi connectivity index (χ4n) is 1.98. The van der Waals surface area contributed by atoms with Gasteiger partial charge in [0, 0.05) is 16.8 Å². The molecule has 0 aliphatic heterocycles. The summed E-state index contributed by atoms with van der Waals surface area (Å²) in [5, 5.41) is 9.95. The van der Waals surface area contributed by atoms with E-state index in [0.29, 0.717) is 11.0 Å². The van der Waals surface area contributed by atoms with Gasteiger partial charge in [-0.25, -0.2) is 9.97 Å². The van der Waals surface area contributed by atoms with Crippen LogP contribution in [0.1, 0.15) is 31.0 Å². The third-order valence-electron chi connectivity index (χ3n) is 2.77. The Morgan fingerprint density at radius 2 is 1.94 bits per heavy atom. The van der Waals surface area contributed by atoms with E-state index >= 15 is 0 Å². The molecule has 3 nitrogen and oxygen atoms in total. The molecule has 2 aromatic rings. The van der Waals surface area contributed by atoms with Gasteiger partial charge in [-0.3, -0.25) is 0 Å². The van der Waals surface area contributed by atoms with Crippen molar-refractivity contribution in [3.05, 3.63) is 40.7 Å². The fourth-order valence-corrected chi connectivity index (χ4v) is 2.41. The third-order valence-corrected chi connectivity index (χ3v) is 3.06. The van der Waals surface area contributed by atoms with Gasteiger partial charge in [0.15, 0.2) is 5.82 Å². The summed E-state index contributed by atoms with van der Waals surface area (Å²) in [7, 11) is 0. The Morgan fingerprint density at radius 1 is 1.22 bits per heavy atom. The Kier molecular flexibility index (Phi) is 3.53. The number of hydrogen-bond donors (Lipinski definition) is 1. The monoisotopic (exact) mass is 262 g/mol. The van der Waals surface area contributed by atoms with E-state index in [1.165, 1.54) is 0 Å². The molecule has 0 radical (unpaired) electrons. The number of nitrogens with zero attached hydrogens (tertiary/aromatic N) is 2. The molecule has 18 heavy (non-hydrogen) atoms. The minimum atomic E-state index is 0.192. The summed E-state index contributed by atoms with van der Waals surface area (Å²) in [5.41, 5.74) is 2.61. The molecular formula is C14H15ClN2O. The first-order valence-corrected chi connectivity index (χ1v) is 6.20. The van der Waals surface area contributed by atoms with E-state index in [9.17, 15) is 5.11 Å². The van der Waals surface area contributed by atoms with Crippen LogP contribution in [-0.4, -0.2) is 15.1 Å². The van der Waals surface area contributed by atoms with Crippen molar-refractivity contribution in [1.29, 1.82) is 0 Å². The first-order chi connectivity index (χ1) is 8.49. The number of phenolic OH excluding ortho intramolecular Hbond substituents is 1. The van der Waals surface area contributed by atoms with Crippen LogP contribution in [0.3, 0.4) is 0 Å². The molecule has 94 valence electrons. The molecule has 1 N–H and O–H groups in total. The first kappa shape index (κ1) is 12.8. The number of phenols is 1. The van der Waals surface area contributed by atoms with Crippen molar-refractivity contribution in [3.63, 3.8) is 0 Å². The summed E-state index contributed by atoms with van der Waals surface area (Å²) in [6.45, 7) is 6.05. The highest BCUT2D eigenvalue weighted by Gasteiger charge is 2.14. The normalized spacial score (nSPS) is 10.9. The van der Waals surface area contributed by atoms with Gasteiger partial charge in [-0.05, 0) is 25.0 Å². The summed E-state index contributed by atoms with van der Waals surface area (Å²) >= 11 is 6.21. The molecule has 1 aromatic heterocycles. The maximum Gasteiger partial charge on any atom is 0.161 e. The highest BCUT2D eigenvalue weighted by Crippen LogP contribution is 2.28. The van der Waals surface area contributed by atoms with Crippen LogP contribution in [0, 0.1) is 6.92 Å². The number of halogens is 1. The van der Waals surface area contributed by atoms with Gasteiger partial charge in [0.25, 0.3) is 0 Å². The Bertz CT molecular complexity index is 559. The van der Waals surface area contributed by atoms with Gasteiger partial charge in [0.05, 0.1) is 0 Å². The predicted molar refractivity (Wildman–Crippen MR) is 73.0 cm³/mol. The van der Waals surface area contributed by atoms with E-state index < -0.39 is 0 Å². The standard InChI is InChI=1S/C14H15ClN2O/c1-8(2)12-9(3)16-14(17-13(12)15)10-5-4-6-11(18)7-10/h4-8,18H,1-3H3. The van der Waals surface area contributed by atoms with E-state index in [-0.39, 0.29) is 11.7 Å². The largest absolute Gasteiger partial charge is 0.508 e. The van der Waals surface area contributed by atoms with Gasteiger partial charge in [-0.15, -0.1) is 0 Å². The molecule has 0 amide bonds. The zero-order valence-electron chi connectivity index (χ0n) is 10.6. The van der Waals surface area contributed by atoms with E-state index in [4.69, 9.17) is 11.6 Å². The van der Waals surface area contributed by atoms with Gasteiger partial charge < -0.3 is 5.11 Å². The molecule has 0 bridgehead atoms. The fraction of sp³-hybridized carbons (Fsp3) is 0.286. The van der Waals surface area contributed by atoms with Crippen molar-refractivity contribution in [1.82, 2.24) is 9.97 Å². The van der Waals surface area contributed by atoms with Crippen molar-refractivity contribution in [3.8, 4) is 17.1 Å². The molecule has 0 unspecified atom stereocenters. The topological polar surface area (TPSA) is 46.0 Å². The molecule has 0 fully saturated rings. The number of aryl methyl sites for hydroxylation is 1. The smallest absolute Gasteiger partial charge is 0.161 e.